The fraction of sp³-hybridized carbons (Fsp3) is 0.550. The summed E-state index contributed by atoms with van der Waals surface area (Å²) in [5, 5.41) is 37.6. The maximum absolute atomic E-state index is 10.4. The van der Waals surface area contributed by atoms with Crippen molar-refractivity contribution >= 4 is 5.97 Å². The number of allylic oxidation sites excluding steroid dienone is 6. The molecule has 3 atom stereocenters. The zero-order valence-corrected chi connectivity index (χ0v) is 15.0. The lowest BCUT2D eigenvalue weighted by atomic mass is 10.1. The highest BCUT2D eigenvalue weighted by Gasteiger charge is 2.11. The second-order valence-corrected chi connectivity index (χ2v) is 5.95. The Bertz CT molecular complexity index is 451. The number of aliphatic hydroxyl groups excluding tert-OH is 3. The summed E-state index contributed by atoms with van der Waals surface area (Å²) in [7, 11) is 0. The summed E-state index contributed by atoms with van der Waals surface area (Å²) in [6.45, 7) is 2.09. The van der Waals surface area contributed by atoms with Crippen LogP contribution in [0, 0.1) is 0 Å². The van der Waals surface area contributed by atoms with E-state index in [1.165, 1.54) is 0 Å². The van der Waals surface area contributed by atoms with Crippen LogP contribution in [0.4, 0.5) is 0 Å². The molecule has 0 saturated heterocycles. The molecule has 0 fully saturated rings. The van der Waals surface area contributed by atoms with Crippen LogP contribution in [-0.4, -0.2) is 44.7 Å². The summed E-state index contributed by atoms with van der Waals surface area (Å²) in [5.41, 5.74) is 0. The number of carbonyl (C=O) groups is 1. The van der Waals surface area contributed by atoms with Crippen LogP contribution >= 0.6 is 0 Å². The first-order chi connectivity index (χ1) is 12.0. The number of aliphatic hydroxyl groups is 3. The lowest BCUT2D eigenvalue weighted by Crippen LogP contribution is -2.23. The molecule has 0 aliphatic rings. The zero-order chi connectivity index (χ0) is 18.9. The first-order valence-electron chi connectivity index (χ1n) is 8.91. The predicted octanol–water partition coefficient (Wildman–Crippen LogP) is 3.13. The third-order valence-electron chi connectivity index (χ3n) is 3.59. The number of unbranched alkanes of at least 4 members (excludes halogenated alkanes) is 2. The molecular weight excluding hydrogens is 320 g/mol. The molecule has 4 N–H and O–H groups in total. The molecule has 0 amide bonds. The normalized spacial score (nSPS) is 16.3. The first kappa shape index (κ1) is 23.3. The van der Waals surface area contributed by atoms with Gasteiger partial charge in [-0.2, -0.15) is 0 Å². The smallest absolute Gasteiger partial charge is 0.303 e. The number of hydrogen-bond donors (Lipinski definition) is 4. The van der Waals surface area contributed by atoms with Crippen LogP contribution in [0.2, 0.25) is 0 Å². The van der Waals surface area contributed by atoms with Crippen LogP contribution in [-0.2, 0) is 4.79 Å². The van der Waals surface area contributed by atoms with E-state index in [9.17, 15) is 20.1 Å². The maximum Gasteiger partial charge on any atom is 0.303 e. The van der Waals surface area contributed by atoms with E-state index < -0.39 is 24.3 Å². The highest BCUT2D eigenvalue weighted by Crippen LogP contribution is 2.07. The molecule has 0 aromatic heterocycles. The highest BCUT2D eigenvalue weighted by atomic mass is 16.4. The molecule has 0 aromatic carbocycles. The summed E-state index contributed by atoms with van der Waals surface area (Å²) in [6.07, 6.45) is 16.0. The summed E-state index contributed by atoms with van der Waals surface area (Å²) >= 11 is 0. The lowest BCUT2D eigenvalue weighted by molar-refractivity contribution is -0.137. The Morgan fingerprint density at radius 2 is 1.44 bits per heavy atom. The maximum atomic E-state index is 10.4. The van der Waals surface area contributed by atoms with E-state index in [2.05, 4.69) is 6.92 Å². The van der Waals surface area contributed by atoms with Gasteiger partial charge in [-0.1, -0.05) is 74.8 Å². The molecule has 0 aliphatic heterocycles. The molecule has 0 spiro atoms. The standard InChI is InChI=1S/C20H32O5/c1-2-3-8-14-18(22)19(23)15-10-7-5-4-6-9-12-17(21)13-11-16-20(24)25/h4-7,9-10,12,15,17-19,21-23H,2-3,8,11,13-14,16H2,1H3,(H,24,25)/t17?,18-,19?/m1/s1. The molecular formula is C20H32O5. The number of carboxylic acids is 1. The van der Waals surface area contributed by atoms with Crippen molar-refractivity contribution in [1.29, 1.82) is 0 Å². The quantitative estimate of drug-likeness (QED) is 0.284. The molecule has 0 aliphatic carbocycles. The van der Waals surface area contributed by atoms with Gasteiger partial charge in [0.25, 0.3) is 0 Å². The first-order valence-corrected chi connectivity index (χ1v) is 8.91. The molecule has 0 rings (SSSR count). The molecule has 0 radical (unpaired) electrons. The van der Waals surface area contributed by atoms with E-state index in [0.717, 1.165) is 19.3 Å². The Balaban J connectivity index is 3.96. The third-order valence-corrected chi connectivity index (χ3v) is 3.59. The fourth-order valence-corrected chi connectivity index (χ4v) is 2.09. The van der Waals surface area contributed by atoms with Gasteiger partial charge in [0.15, 0.2) is 0 Å². The Morgan fingerprint density at radius 3 is 2.04 bits per heavy atom. The van der Waals surface area contributed by atoms with Crippen molar-refractivity contribution < 1.29 is 25.2 Å². The molecule has 0 heterocycles. The Hall–Kier alpha value is -1.69. The van der Waals surface area contributed by atoms with Crippen molar-refractivity contribution in [3.05, 3.63) is 48.6 Å². The average molecular weight is 352 g/mol. The summed E-state index contributed by atoms with van der Waals surface area (Å²) < 4.78 is 0. The van der Waals surface area contributed by atoms with Crippen molar-refractivity contribution in [3.63, 3.8) is 0 Å². The number of hydrogen-bond acceptors (Lipinski definition) is 4. The molecule has 142 valence electrons. The van der Waals surface area contributed by atoms with Gasteiger partial charge in [-0.05, 0) is 19.3 Å². The van der Waals surface area contributed by atoms with Gasteiger partial charge in [0.05, 0.1) is 18.3 Å². The van der Waals surface area contributed by atoms with Gasteiger partial charge < -0.3 is 20.4 Å². The Kier molecular flexibility index (Phi) is 14.7. The minimum absolute atomic E-state index is 0.0644. The van der Waals surface area contributed by atoms with Crippen LogP contribution in [0.15, 0.2) is 48.6 Å². The van der Waals surface area contributed by atoms with Crippen LogP contribution in [0.1, 0.15) is 51.9 Å². The predicted molar refractivity (Wildman–Crippen MR) is 100 cm³/mol. The summed E-state index contributed by atoms with van der Waals surface area (Å²) in [5.74, 6) is -0.854. The van der Waals surface area contributed by atoms with E-state index in [1.807, 2.05) is 0 Å². The SMILES string of the molecule is CCCCC[C@@H](O)C(O)C=CC=CC=CC=CC(O)CCCC(=O)O. The van der Waals surface area contributed by atoms with Crippen LogP contribution in [0.3, 0.4) is 0 Å². The number of rotatable bonds is 14. The minimum Gasteiger partial charge on any atom is -0.481 e. The van der Waals surface area contributed by atoms with Gasteiger partial charge in [-0.25, -0.2) is 0 Å². The van der Waals surface area contributed by atoms with Crippen molar-refractivity contribution in [1.82, 2.24) is 0 Å². The van der Waals surface area contributed by atoms with E-state index in [1.54, 1.807) is 48.6 Å². The van der Waals surface area contributed by atoms with Gasteiger partial charge in [0.2, 0.25) is 0 Å². The molecule has 2 unspecified atom stereocenters. The van der Waals surface area contributed by atoms with Crippen molar-refractivity contribution in [2.45, 2.75) is 70.2 Å². The summed E-state index contributed by atoms with van der Waals surface area (Å²) in [6, 6.07) is 0. The molecule has 5 heteroatoms. The van der Waals surface area contributed by atoms with Crippen LogP contribution in [0.5, 0.6) is 0 Å². The monoisotopic (exact) mass is 352 g/mol. The second kappa shape index (κ2) is 15.8. The number of carboxylic acid groups (broad SMARTS) is 1. The van der Waals surface area contributed by atoms with Crippen LogP contribution < -0.4 is 0 Å². The molecule has 0 saturated carbocycles. The largest absolute Gasteiger partial charge is 0.481 e. The van der Waals surface area contributed by atoms with Crippen LogP contribution in [0.25, 0.3) is 0 Å². The van der Waals surface area contributed by atoms with Gasteiger partial charge in [0.1, 0.15) is 0 Å². The number of aliphatic carboxylic acids is 1. The van der Waals surface area contributed by atoms with E-state index in [-0.39, 0.29) is 6.42 Å². The highest BCUT2D eigenvalue weighted by molar-refractivity contribution is 5.66. The second-order valence-electron chi connectivity index (χ2n) is 5.95. The molecule has 5 nitrogen and oxygen atoms in total. The molecule has 25 heavy (non-hydrogen) atoms. The average Bonchev–Trinajstić information content (AvgIpc) is 2.56. The molecule has 0 aromatic rings. The van der Waals surface area contributed by atoms with E-state index >= 15 is 0 Å². The minimum atomic E-state index is -0.855. The molecule has 0 bridgehead atoms. The van der Waals surface area contributed by atoms with Gasteiger partial charge >= 0.3 is 5.97 Å². The Labute approximate surface area is 150 Å². The Morgan fingerprint density at radius 1 is 0.840 bits per heavy atom. The summed E-state index contributed by atoms with van der Waals surface area (Å²) in [4.78, 5) is 10.4. The van der Waals surface area contributed by atoms with Crippen molar-refractivity contribution in [2.24, 2.45) is 0 Å². The fourth-order valence-electron chi connectivity index (χ4n) is 2.09. The third kappa shape index (κ3) is 15.6. The van der Waals surface area contributed by atoms with Crippen molar-refractivity contribution in [2.75, 3.05) is 0 Å². The lowest BCUT2D eigenvalue weighted by Gasteiger charge is -2.13. The van der Waals surface area contributed by atoms with Gasteiger partial charge in [-0.15, -0.1) is 0 Å². The topological polar surface area (TPSA) is 98.0 Å². The van der Waals surface area contributed by atoms with Gasteiger partial charge in [-0.3, -0.25) is 4.79 Å². The van der Waals surface area contributed by atoms with Gasteiger partial charge in [0, 0.05) is 6.42 Å². The van der Waals surface area contributed by atoms with E-state index in [4.69, 9.17) is 5.11 Å². The van der Waals surface area contributed by atoms with E-state index in [0.29, 0.717) is 19.3 Å². The zero-order valence-electron chi connectivity index (χ0n) is 15.0. The van der Waals surface area contributed by atoms with Crippen molar-refractivity contribution in [3.8, 4) is 0 Å².